The van der Waals surface area contributed by atoms with Crippen molar-refractivity contribution in [3.05, 3.63) is 48.5 Å². The summed E-state index contributed by atoms with van der Waals surface area (Å²) in [5.41, 5.74) is 3.93. The van der Waals surface area contributed by atoms with Gasteiger partial charge < -0.3 is 0 Å². The zero-order valence-corrected chi connectivity index (χ0v) is 33.7. The monoisotopic (exact) mass is 782 g/mol. The van der Waals surface area contributed by atoms with Gasteiger partial charge in [-0.15, -0.1) is 0 Å². The molecule has 5 N–H and O–H groups in total. The summed E-state index contributed by atoms with van der Waals surface area (Å²) in [6, 6.07) is 7.60. The summed E-state index contributed by atoms with van der Waals surface area (Å²) in [6.07, 6.45) is 14.4. The molecule has 5 atom stereocenters. The van der Waals surface area contributed by atoms with Crippen LogP contribution in [0.4, 0.5) is 5.69 Å². The van der Waals surface area contributed by atoms with Crippen molar-refractivity contribution in [1.29, 1.82) is 0 Å². The zero-order valence-electron chi connectivity index (χ0n) is 31.8. The summed E-state index contributed by atoms with van der Waals surface area (Å²) in [6.45, 7) is 6.72. The van der Waals surface area contributed by atoms with Crippen molar-refractivity contribution < 1.29 is 29.0 Å². The normalized spacial score (nSPS) is 19.7. The molecule has 2 amide bonds. The number of imidazole rings is 1. The maximum absolute atomic E-state index is 15.5. The average Bonchev–Trinajstić information content (AvgIpc) is 3.63. The Morgan fingerprint density at radius 2 is 1.60 bits per heavy atom. The Morgan fingerprint density at radius 1 is 1.00 bits per heavy atom. The van der Waals surface area contributed by atoms with E-state index in [2.05, 4.69) is 15.3 Å². The maximum atomic E-state index is 15.5. The summed E-state index contributed by atoms with van der Waals surface area (Å²) in [5, 5.41) is 15.0. The first-order valence-electron chi connectivity index (χ1n) is 19.3. The van der Waals surface area contributed by atoms with E-state index in [1.54, 1.807) is 58.2 Å². The van der Waals surface area contributed by atoms with E-state index in [0.717, 1.165) is 57.8 Å². The molecule has 1 radical (unpaired) electrons. The number of nitrogens with zero attached hydrogens (tertiary/aromatic N) is 2. The molecule has 0 aliphatic heterocycles. The van der Waals surface area contributed by atoms with Gasteiger partial charge in [0.25, 0.3) is 0 Å². The van der Waals surface area contributed by atoms with Crippen molar-refractivity contribution in [2.45, 2.75) is 146 Å². The van der Waals surface area contributed by atoms with Crippen molar-refractivity contribution in [2.24, 2.45) is 23.5 Å². The molecule has 4 rings (SSSR count). The molecule has 2 fully saturated rings. The van der Waals surface area contributed by atoms with Gasteiger partial charge in [-0.25, -0.2) is 0 Å². The Balaban J connectivity index is 1.82. The van der Waals surface area contributed by atoms with Crippen LogP contribution >= 0.6 is 0 Å². The molecule has 1 aromatic heterocycles. The Kier molecular flexibility index (Phi) is 15.5. The molecule has 2 aromatic rings. The number of carbonyl (C=O) groups excluding carboxylic acids is 4. The number of aliphatic hydroxyl groups excluding tert-OH is 1. The van der Waals surface area contributed by atoms with Crippen LogP contribution in [0.2, 0.25) is 4.71 Å². The Bertz CT molecular complexity index is 1440. The van der Waals surface area contributed by atoms with E-state index >= 15 is 4.79 Å². The molecule has 11 nitrogen and oxygen atoms in total. The van der Waals surface area contributed by atoms with Gasteiger partial charge in [0.15, 0.2) is 0 Å². The standard InChI is InChI=1S/C40H61AsN5O6/c1-27(42)36(49)46(32-19-13-8-14-20-32)40(24-31-25-44-26-45-31,38(51)52-39(2,3)4)37(50)41-33(22-29-17-11-7-12-18-29)34(47)23-30(35(48)43-5)21-28-15-9-6-10-16-28/h8,13-14,19-20,25-30,33-34,47H,6-7,9-12,15-18,21-24,42H2,1-5H3,(H,43,48)(H,44,45)/t27-,30+,33-,34-,40-/m0/s1. The number of H-pyrrole nitrogens is 1. The number of carbonyl (C=O) groups is 4. The van der Waals surface area contributed by atoms with E-state index in [0.29, 0.717) is 36.1 Å². The van der Waals surface area contributed by atoms with E-state index in [1.807, 2.05) is 0 Å². The van der Waals surface area contributed by atoms with Crippen molar-refractivity contribution in [3.8, 4) is 0 Å². The van der Waals surface area contributed by atoms with E-state index in [1.165, 1.54) is 30.8 Å². The fourth-order valence-electron chi connectivity index (χ4n) is 7.94. The Labute approximate surface area is 316 Å². The van der Waals surface area contributed by atoms with Gasteiger partial charge in [-0.1, -0.05) is 0 Å². The predicted molar refractivity (Wildman–Crippen MR) is 204 cm³/mol. The third-order valence-electron chi connectivity index (χ3n) is 10.6. The van der Waals surface area contributed by atoms with Crippen LogP contribution in [0.3, 0.4) is 0 Å². The van der Waals surface area contributed by atoms with Crippen LogP contribution in [0.25, 0.3) is 0 Å². The number of aromatic amines is 1. The number of rotatable bonds is 17. The molecular formula is C40H61AsN5O6. The number of esters is 1. The molecule has 287 valence electrons. The van der Waals surface area contributed by atoms with Crippen LogP contribution in [0, 0.1) is 17.8 Å². The number of ether oxygens (including phenoxy) is 1. The molecule has 2 saturated carbocycles. The van der Waals surface area contributed by atoms with Crippen LogP contribution in [0.1, 0.15) is 117 Å². The fourth-order valence-corrected chi connectivity index (χ4v) is 11.1. The third kappa shape index (κ3) is 11.2. The van der Waals surface area contributed by atoms with Crippen LogP contribution < -0.4 is 16.0 Å². The van der Waals surface area contributed by atoms with Gasteiger partial charge in [-0.3, -0.25) is 0 Å². The number of hydrogen-bond donors (Lipinski definition) is 4. The molecule has 0 saturated heterocycles. The van der Waals surface area contributed by atoms with Gasteiger partial charge in [-0.05, 0) is 0 Å². The number of aromatic nitrogens is 2. The third-order valence-corrected chi connectivity index (χ3v) is 13.7. The summed E-state index contributed by atoms with van der Waals surface area (Å²) < 4.78 is 5.12. The number of nitrogens with two attached hydrogens (primary N) is 1. The van der Waals surface area contributed by atoms with Crippen LogP contribution in [-0.2, 0) is 30.3 Å². The van der Waals surface area contributed by atoms with Crippen LogP contribution in [-0.4, -0.2) is 83.5 Å². The van der Waals surface area contributed by atoms with Gasteiger partial charge in [0.1, 0.15) is 0 Å². The molecule has 12 heteroatoms. The van der Waals surface area contributed by atoms with E-state index < -0.39 is 66.1 Å². The molecule has 52 heavy (non-hydrogen) atoms. The number of benzene rings is 1. The summed E-state index contributed by atoms with van der Waals surface area (Å²) in [5.74, 6) is -1.22. The minimum absolute atomic E-state index is 0.0938. The van der Waals surface area contributed by atoms with Crippen molar-refractivity contribution >= 4 is 43.8 Å². The van der Waals surface area contributed by atoms with Gasteiger partial charge in [0, 0.05) is 0 Å². The minimum atomic E-state index is -2.15. The first-order chi connectivity index (χ1) is 24.7. The second-order valence-corrected chi connectivity index (χ2v) is 18.8. The topological polar surface area (TPSA) is 168 Å². The van der Waals surface area contributed by atoms with Crippen LogP contribution in [0.5, 0.6) is 0 Å². The summed E-state index contributed by atoms with van der Waals surface area (Å²) in [7, 11) is 1.63. The number of amides is 2. The van der Waals surface area contributed by atoms with E-state index in [4.69, 9.17) is 10.5 Å². The summed E-state index contributed by atoms with van der Waals surface area (Å²) in [4.78, 5) is 66.4. The molecule has 2 aliphatic rings. The van der Waals surface area contributed by atoms with Gasteiger partial charge >= 0.3 is 318 Å². The first kappa shape index (κ1) is 41.7. The molecule has 2 aliphatic carbocycles. The fraction of sp³-hybridized carbons (Fsp3) is 0.675. The Morgan fingerprint density at radius 3 is 2.12 bits per heavy atom. The van der Waals surface area contributed by atoms with E-state index in [9.17, 15) is 19.5 Å². The van der Waals surface area contributed by atoms with Crippen molar-refractivity contribution in [2.75, 3.05) is 11.9 Å². The molecule has 0 bridgehead atoms. The van der Waals surface area contributed by atoms with E-state index in [-0.39, 0.29) is 18.7 Å². The molecule has 0 unspecified atom stereocenters. The molecule has 1 aromatic carbocycles. The van der Waals surface area contributed by atoms with Gasteiger partial charge in [-0.2, -0.15) is 0 Å². The summed E-state index contributed by atoms with van der Waals surface area (Å²) >= 11 is -1.44. The molecular weight excluding hydrogens is 721 g/mol. The number of nitrogens with one attached hydrogen (secondary N) is 2. The SMILES string of the molecule is CNC(=O)[C@H](CC1CCCCC1)C[C@H](O)[C@H](CC1CCCCC1)[As]C(=O)[C@@](Cc1cnc[nH]1)(C(=O)OC(C)(C)C)N(C(=O)[C@H](C)N)c1ccccc1. The van der Waals surface area contributed by atoms with Crippen LogP contribution in [0.15, 0.2) is 42.9 Å². The van der Waals surface area contributed by atoms with Gasteiger partial charge in [0.05, 0.1) is 0 Å². The second-order valence-electron chi connectivity index (χ2n) is 16.0. The number of hydrogen-bond acceptors (Lipinski definition) is 8. The predicted octanol–water partition coefficient (Wildman–Crippen LogP) is 5.49. The molecule has 1 heterocycles. The first-order valence-corrected chi connectivity index (χ1v) is 21.3. The van der Waals surface area contributed by atoms with Crippen molar-refractivity contribution in [1.82, 2.24) is 15.3 Å². The quantitative estimate of drug-likeness (QED) is 0.0930. The van der Waals surface area contributed by atoms with Gasteiger partial charge in [0.2, 0.25) is 0 Å². The Hall–Kier alpha value is -3.01. The number of anilines is 1. The number of para-hydroxylation sites is 1. The average molecular weight is 783 g/mol. The second kappa shape index (κ2) is 19.4. The van der Waals surface area contributed by atoms with Crippen molar-refractivity contribution in [3.63, 3.8) is 0 Å². The zero-order chi connectivity index (χ0) is 37.9. The molecule has 0 spiro atoms. The number of aliphatic hydroxyl groups is 1.